The molecule has 1 aliphatic carbocycles. The molecule has 28 heavy (non-hydrogen) atoms. The number of hydrogen-bond acceptors (Lipinski definition) is 4. The van der Waals surface area contributed by atoms with E-state index in [9.17, 15) is 22.8 Å². The van der Waals surface area contributed by atoms with Crippen LogP contribution in [0.3, 0.4) is 0 Å². The maximum Gasteiger partial charge on any atom is 0.417 e. The van der Waals surface area contributed by atoms with E-state index in [1.54, 1.807) is 0 Å². The minimum Gasteiger partial charge on any atom is -0.322 e. The molecule has 3 aromatic rings. The largest absolute Gasteiger partial charge is 0.417 e. The minimum atomic E-state index is -4.66. The Morgan fingerprint density at radius 3 is 2.75 bits per heavy atom. The van der Waals surface area contributed by atoms with Gasteiger partial charge in [-0.2, -0.15) is 13.2 Å². The Bertz CT molecular complexity index is 1150. The summed E-state index contributed by atoms with van der Waals surface area (Å²) in [6, 6.07) is 3.02. The molecule has 0 spiro atoms. The number of alkyl halides is 3. The maximum absolute atomic E-state index is 13.0. The third-order valence-electron chi connectivity index (χ3n) is 4.58. The summed E-state index contributed by atoms with van der Waals surface area (Å²) < 4.78 is 40.4. The fraction of sp³-hybridized carbons (Fsp3) is 0.278. The van der Waals surface area contributed by atoms with Crippen molar-refractivity contribution >= 4 is 39.5 Å². The van der Waals surface area contributed by atoms with Crippen LogP contribution in [-0.2, 0) is 19.0 Å². The van der Waals surface area contributed by atoms with Crippen LogP contribution in [-0.4, -0.2) is 15.3 Å². The molecule has 5 nitrogen and oxygen atoms in total. The van der Waals surface area contributed by atoms with Crippen LogP contribution in [0.2, 0.25) is 5.02 Å². The van der Waals surface area contributed by atoms with Crippen LogP contribution in [0.1, 0.15) is 39.3 Å². The number of carbonyl (C=O) groups excluding carboxylic acids is 1. The molecular weight excluding hydrogens is 415 g/mol. The molecule has 1 aromatic carbocycles. The van der Waals surface area contributed by atoms with Crippen molar-refractivity contribution in [3.63, 3.8) is 0 Å². The maximum atomic E-state index is 13.0. The average Bonchev–Trinajstić information content (AvgIpc) is 3.02. The van der Waals surface area contributed by atoms with Gasteiger partial charge in [0.2, 0.25) is 0 Å². The first-order valence-corrected chi connectivity index (χ1v) is 9.65. The van der Waals surface area contributed by atoms with E-state index in [0.29, 0.717) is 4.96 Å². The van der Waals surface area contributed by atoms with E-state index >= 15 is 0 Å². The molecule has 4 rings (SSSR count). The van der Waals surface area contributed by atoms with Gasteiger partial charge in [-0.3, -0.25) is 14.0 Å². The third-order valence-corrected chi connectivity index (χ3v) is 6.06. The Labute approximate surface area is 165 Å². The molecule has 1 amide bonds. The molecule has 0 unspecified atom stereocenters. The highest BCUT2D eigenvalue weighted by Crippen LogP contribution is 2.36. The summed E-state index contributed by atoms with van der Waals surface area (Å²) in [5, 5.41) is 1.85. The Morgan fingerprint density at radius 1 is 1.25 bits per heavy atom. The SMILES string of the molecule is O=C(Nc1ccc(Cl)c(C(F)(F)F)c1)c1cnc2sc3c(n2c1=O)CCCC3. The van der Waals surface area contributed by atoms with E-state index in [2.05, 4.69) is 10.3 Å². The van der Waals surface area contributed by atoms with Gasteiger partial charge in [0, 0.05) is 22.5 Å². The summed E-state index contributed by atoms with van der Waals surface area (Å²) in [5.41, 5.74) is -1.06. The average molecular weight is 428 g/mol. The highest BCUT2D eigenvalue weighted by Gasteiger charge is 2.33. The molecule has 0 bridgehead atoms. The second-order valence-electron chi connectivity index (χ2n) is 6.42. The van der Waals surface area contributed by atoms with Crippen molar-refractivity contribution in [1.29, 1.82) is 0 Å². The van der Waals surface area contributed by atoms with Gasteiger partial charge in [0.05, 0.1) is 10.6 Å². The normalized spacial score (nSPS) is 14.1. The third kappa shape index (κ3) is 3.29. The summed E-state index contributed by atoms with van der Waals surface area (Å²) in [6.07, 6.45) is 0.0965. The number of rotatable bonds is 2. The van der Waals surface area contributed by atoms with Crippen molar-refractivity contribution in [2.24, 2.45) is 0 Å². The van der Waals surface area contributed by atoms with Crippen molar-refractivity contribution in [3.05, 3.63) is 61.5 Å². The lowest BCUT2D eigenvalue weighted by Gasteiger charge is -2.12. The molecular formula is C18H13ClF3N3O2S. The Balaban J connectivity index is 1.70. The lowest BCUT2D eigenvalue weighted by atomic mass is 10.0. The highest BCUT2D eigenvalue weighted by molar-refractivity contribution is 7.17. The Kier molecular flexibility index (Phi) is 4.67. The highest BCUT2D eigenvalue weighted by atomic mass is 35.5. The fourth-order valence-electron chi connectivity index (χ4n) is 3.24. The Morgan fingerprint density at radius 2 is 2.00 bits per heavy atom. The van der Waals surface area contributed by atoms with Crippen LogP contribution in [0.5, 0.6) is 0 Å². The molecule has 10 heteroatoms. The van der Waals surface area contributed by atoms with Crippen LogP contribution in [0.25, 0.3) is 4.96 Å². The number of carbonyl (C=O) groups is 1. The summed E-state index contributed by atoms with van der Waals surface area (Å²) >= 11 is 7.01. The fourth-order valence-corrected chi connectivity index (χ4v) is 4.64. The zero-order valence-corrected chi connectivity index (χ0v) is 15.8. The number of anilines is 1. The second-order valence-corrected chi connectivity index (χ2v) is 7.89. The molecule has 0 radical (unpaired) electrons. The number of nitrogens with one attached hydrogen (secondary N) is 1. The standard InChI is InChI=1S/C18H13ClF3N3O2S/c19-12-6-5-9(7-11(12)18(20,21)22)24-15(26)10-8-23-17-25(16(10)27)13-3-1-2-4-14(13)28-17/h5-8H,1-4H2,(H,24,26). The van der Waals surface area contributed by atoms with Gasteiger partial charge >= 0.3 is 6.18 Å². The molecule has 0 atom stereocenters. The van der Waals surface area contributed by atoms with Gasteiger partial charge in [0.25, 0.3) is 11.5 Å². The lowest BCUT2D eigenvalue weighted by Crippen LogP contribution is -2.27. The molecule has 2 aromatic heterocycles. The van der Waals surface area contributed by atoms with Crippen molar-refractivity contribution in [1.82, 2.24) is 9.38 Å². The Hall–Kier alpha value is -2.39. The monoisotopic (exact) mass is 427 g/mol. The van der Waals surface area contributed by atoms with E-state index in [1.807, 2.05) is 0 Å². The number of nitrogens with zero attached hydrogens (tertiary/aromatic N) is 2. The predicted octanol–water partition coefficient (Wildman–Crippen LogP) is 4.56. The molecule has 0 aliphatic heterocycles. The molecule has 0 saturated heterocycles. The number of halogens is 4. The number of amides is 1. The van der Waals surface area contributed by atoms with Gasteiger partial charge in [-0.25, -0.2) is 4.98 Å². The molecule has 0 fully saturated rings. The van der Waals surface area contributed by atoms with E-state index in [-0.39, 0.29) is 11.3 Å². The van der Waals surface area contributed by atoms with Crippen LogP contribution < -0.4 is 10.9 Å². The van der Waals surface area contributed by atoms with E-state index in [0.717, 1.165) is 54.6 Å². The van der Waals surface area contributed by atoms with Gasteiger partial charge in [-0.1, -0.05) is 11.6 Å². The van der Waals surface area contributed by atoms with Gasteiger partial charge in [-0.15, -0.1) is 11.3 Å². The van der Waals surface area contributed by atoms with Crippen molar-refractivity contribution in [2.45, 2.75) is 31.9 Å². The van der Waals surface area contributed by atoms with E-state index in [1.165, 1.54) is 21.8 Å². The molecule has 1 N–H and O–H groups in total. The first kappa shape index (κ1) is 18.9. The summed E-state index contributed by atoms with van der Waals surface area (Å²) in [7, 11) is 0. The number of benzene rings is 1. The lowest BCUT2D eigenvalue weighted by molar-refractivity contribution is -0.137. The van der Waals surface area contributed by atoms with Crippen LogP contribution in [0, 0.1) is 0 Å². The van der Waals surface area contributed by atoms with E-state index in [4.69, 9.17) is 11.6 Å². The van der Waals surface area contributed by atoms with Gasteiger partial charge in [0.15, 0.2) is 4.96 Å². The molecule has 0 saturated carbocycles. The van der Waals surface area contributed by atoms with Crippen molar-refractivity contribution in [2.75, 3.05) is 5.32 Å². The van der Waals surface area contributed by atoms with Crippen LogP contribution in [0.15, 0.2) is 29.2 Å². The zero-order valence-electron chi connectivity index (χ0n) is 14.3. The number of thiazole rings is 1. The predicted molar refractivity (Wildman–Crippen MR) is 100 cm³/mol. The number of fused-ring (bicyclic) bond motifs is 3. The van der Waals surface area contributed by atoms with E-state index < -0.39 is 28.2 Å². The summed E-state index contributed by atoms with van der Waals surface area (Å²) in [6.45, 7) is 0. The quantitative estimate of drug-likeness (QED) is 0.652. The molecule has 2 heterocycles. The van der Waals surface area contributed by atoms with Gasteiger partial charge < -0.3 is 5.32 Å². The number of aryl methyl sites for hydroxylation is 2. The number of aromatic nitrogens is 2. The smallest absolute Gasteiger partial charge is 0.322 e. The van der Waals surface area contributed by atoms with Crippen LogP contribution in [0.4, 0.5) is 18.9 Å². The van der Waals surface area contributed by atoms with Gasteiger partial charge in [-0.05, 0) is 43.9 Å². The minimum absolute atomic E-state index is 0.112. The molecule has 1 aliphatic rings. The first-order valence-electron chi connectivity index (χ1n) is 8.46. The van der Waals surface area contributed by atoms with Crippen LogP contribution >= 0.6 is 22.9 Å². The topological polar surface area (TPSA) is 63.5 Å². The van der Waals surface area contributed by atoms with Crippen molar-refractivity contribution in [3.8, 4) is 0 Å². The van der Waals surface area contributed by atoms with Crippen molar-refractivity contribution < 1.29 is 18.0 Å². The first-order chi connectivity index (χ1) is 13.3. The molecule has 146 valence electrons. The second kappa shape index (κ2) is 6.89. The van der Waals surface area contributed by atoms with Gasteiger partial charge in [0.1, 0.15) is 5.56 Å². The number of hydrogen-bond donors (Lipinski definition) is 1. The zero-order chi connectivity index (χ0) is 20.1. The summed E-state index contributed by atoms with van der Waals surface area (Å²) in [5.74, 6) is -0.821. The summed E-state index contributed by atoms with van der Waals surface area (Å²) in [4.78, 5) is 31.2.